The monoisotopic (exact) mass is 300 g/mol. The van der Waals surface area contributed by atoms with Crippen LogP contribution in [0, 0.1) is 26.7 Å². The molecule has 0 amide bonds. The summed E-state index contributed by atoms with van der Waals surface area (Å²) in [6.07, 6.45) is 0. The lowest BCUT2D eigenvalue weighted by Crippen LogP contribution is -2.31. The Morgan fingerprint density at radius 1 is 1.30 bits per heavy atom. The van der Waals surface area contributed by atoms with Crippen LogP contribution in [0.2, 0.25) is 0 Å². The van der Waals surface area contributed by atoms with E-state index in [0.29, 0.717) is 29.3 Å². The van der Waals surface area contributed by atoms with E-state index in [9.17, 15) is 8.42 Å². The van der Waals surface area contributed by atoms with Gasteiger partial charge in [-0.2, -0.15) is 0 Å². The van der Waals surface area contributed by atoms with E-state index in [1.807, 2.05) is 13.8 Å². The molecule has 0 radical (unpaired) electrons. The first-order chi connectivity index (χ1) is 9.20. The number of nitrogen functional groups attached to an aromatic ring is 1. The lowest BCUT2D eigenvalue weighted by Gasteiger charge is -2.17. The molecule has 1 aromatic carbocycles. The summed E-state index contributed by atoms with van der Waals surface area (Å²) in [4.78, 5) is 0.291. The third kappa shape index (κ3) is 3.71. The Kier molecular flexibility index (Phi) is 5.56. The number of anilines is 1. The molecule has 0 aliphatic rings. The van der Waals surface area contributed by atoms with Crippen LogP contribution in [0.25, 0.3) is 0 Å². The molecule has 0 heterocycles. The summed E-state index contributed by atoms with van der Waals surface area (Å²) < 4.78 is 32.6. The van der Waals surface area contributed by atoms with Crippen molar-refractivity contribution in [2.24, 2.45) is 5.92 Å². The summed E-state index contributed by atoms with van der Waals surface area (Å²) in [5.74, 6) is 0.109. The van der Waals surface area contributed by atoms with Crippen molar-refractivity contribution in [1.82, 2.24) is 4.72 Å². The summed E-state index contributed by atoms with van der Waals surface area (Å²) in [5, 5.41) is 0. The summed E-state index contributed by atoms with van der Waals surface area (Å²) in [6.45, 7) is 8.16. The molecule has 3 N–H and O–H groups in total. The molecule has 0 bridgehead atoms. The number of methoxy groups -OCH3 is 1. The maximum Gasteiger partial charge on any atom is 0.241 e. The maximum absolute atomic E-state index is 12.5. The first-order valence-corrected chi connectivity index (χ1v) is 8.04. The molecule has 0 saturated carbocycles. The van der Waals surface area contributed by atoms with Gasteiger partial charge in [0.05, 0.1) is 4.90 Å². The fourth-order valence-corrected chi connectivity index (χ4v) is 3.85. The van der Waals surface area contributed by atoms with E-state index < -0.39 is 10.0 Å². The van der Waals surface area contributed by atoms with Gasteiger partial charge < -0.3 is 10.5 Å². The number of hydrogen-bond acceptors (Lipinski definition) is 4. The standard InChI is InChI=1S/C14H24N2O3S/c1-9(8-19-5)7-16-20(17,18)14-11(3)10(2)6-13(15)12(14)4/h6,9,16H,7-8,15H2,1-5H3. The van der Waals surface area contributed by atoms with Crippen LogP contribution in [-0.2, 0) is 14.8 Å². The molecule has 1 atom stereocenters. The van der Waals surface area contributed by atoms with E-state index in [-0.39, 0.29) is 5.92 Å². The van der Waals surface area contributed by atoms with E-state index in [1.54, 1.807) is 27.0 Å². The highest BCUT2D eigenvalue weighted by Gasteiger charge is 2.22. The van der Waals surface area contributed by atoms with Crippen LogP contribution in [0.3, 0.4) is 0 Å². The zero-order valence-electron chi connectivity index (χ0n) is 12.8. The maximum atomic E-state index is 12.5. The van der Waals surface area contributed by atoms with Crippen LogP contribution in [0.15, 0.2) is 11.0 Å². The summed E-state index contributed by atoms with van der Waals surface area (Å²) in [5.41, 5.74) is 8.59. The molecule has 1 rings (SSSR count). The third-order valence-electron chi connectivity index (χ3n) is 3.42. The van der Waals surface area contributed by atoms with Crippen LogP contribution in [-0.4, -0.2) is 28.7 Å². The minimum atomic E-state index is -3.57. The van der Waals surface area contributed by atoms with Crippen LogP contribution in [0.1, 0.15) is 23.6 Å². The highest BCUT2D eigenvalue weighted by Crippen LogP contribution is 2.27. The zero-order chi connectivity index (χ0) is 15.5. The van der Waals surface area contributed by atoms with Crippen molar-refractivity contribution in [3.05, 3.63) is 22.8 Å². The van der Waals surface area contributed by atoms with E-state index in [4.69, 9.17) is 10.5 Å². The molecule has 0 saturated heterocycles. The molecule has 0 aliphatic heterocycles. The molecule has 1 aromatic rings. The van der Waals surface area contributed by atoms with Crippen molar-refractivity contribution in [1.29, 1.82) is 0 Å². The molecular formula is C14H24N2O3S. The second-order valence-electron chi connectivity index (χ2n) is 5.27. The second-order valence-corrected chi connectivity index (χ2v) is 6.98. The van der Waals surface area contributed by atoms with Crippen LogP contribution in [0.5, 0.6) is 0 Å². The van der Waals surface area contributed by atoms with E-state index in [2.05, 4.69) is 4.72 Å². The summed E-state index contributed by atoms with van der Waals surface area (Å²) >= 11 is 0. The fourth-order valence-electron chi connectivity index (χ4n) is 2.11. The van der Waals surface area contributed by atoms with Gasteiger partial charge in [-0.05, 0) is 49.4 Å². The topological polar surface area (TPSA) is 81.4 Å². The normalized spacial score (nSPS) is 13.4. The molecule has 0 fully saturated rings. The number of aryl methyl sites for hydroxylation is 1. The van der Waals surface area contributed by atoms with Crippen molar-refractivity contribution >= 4 is 15.7 Å². The lowest BCUT2D eigenvalue weighted by atomic mass is 10.1. The summed E-state index contributed by atoms with van der Waals surface area (Å²) in [6, 6.07) is 1.80. The van der Waals surface area contributed by atoms with E-state index in [0.717, 1.165) is 11.1 Å². The largest absolute Gasteiger partial charge is 0.398 e. The van der Waals surface area contributed by atoms with Gasteiger partial charge in [0.2, 0.25) is 10.0 Å². The van der Waals surface area contributed by atoms with Gasteiger partial charge >= 0.3 is 0 Å². The van der Waals surface area contributed by atoms with E-state index in [1.165, 1.54) is 0 Å². The Morgan fingerprint density at radius 2 is 1.90 bits per heavy atom. The van der Waals surface area contributed by atoms with Gasteiger partial charge in [0.15, 0.2) is 0 Å². The predicted octanol–water partition coefficient (Wildman–Crippen LogP) is 1.75. The molecule has 6 heteroatoms. The van der Waals surface area contributed by atoms with E-state index >= 15 is 0 Å². The molecule has 0 aliphatic carbocycles. The van der Waals surface area contributed by atoms with Crippen molar-refractivity contribution in [3.63, 3.8) is 0 Å². The number of ether oxygens (including phenoxy) is 1. The Labute approximate surface area is 121 Å². The quantitative estimate of drug-likeness (QED) is 0.784. The van der Waals surface area contributed by atoms with Gasteiger partial charge in [-0.3, -0.25) is 0 Å². The second kappa shape index (κ2) is 6.56. The number of sulfonamides is 1. The summed E-state index contributed by atoms with van der Waals surface area (Å²) in [7, 11) is -1.97. The molecular weight excluding hydrogens is 276 g/mol. The van der Waals surface area contributed by atoms with Gasteiger partial charge in [0.1, 0.15) is 0 Å². The van der Waals surface area contributed by atoms with Crippen molar-refractivity contribution in [2.45, 2.75) is 32.6 Å². The van der Waals surface area contributed by atoms with Gasteiger partial charge in [0, 0.05) is 25.9 Å². The van der Waals surface area contributed by atoms with Crippen LogP contribution < -0.4 is 10.5 Å². The van der Waals surface area contributed by atoms with Gasteiger partial charge in [-0.15, -0.1) is 0 Å². The first-order valence-electron chi connectivity index (χ1n) is 6.55. The SMILES string of the molecule is COCC(C)CNS(=O)(=O)c1c(C)c(C)cc(N)c1C. The van der Waals surface area contributed by atoms with Gasteiger partial charge in [0.25, 0.3) is 0 Å². The van der Waals surface area contributed by atoms with Crippen molar-refractivity contribution in [2.75, 3.05) is 26.0 Å². The van der Waals surface area contributed by atoms with Crippen molar-refractivity contribution in [3.8, 4) is 0 Å². The Morgan fingerprint density at radius 3 is 2.45 bits per heavy atom. The Bertz CT molecular complexity index is 556. The minimum absolute atomic E-state index is 0.109. The number of hydrogen-bond donors (Lipinski definition) is 2. The molecule has 0 aromatic heterocycles. The van der Waals surface area contributed by atoms with Crippen LogP contribution in [0.4, 0.5) is 5.69 Å². The molecule has 5 nitrogen and oxygen atoms in total. The van der Waals surface area contributed by atoms with Crippen LogP contribution >= 0.6 is 0 Å². The zero-order valence-corrected chi connectivity index (χ0v) is 13.6. The molecule has 1 unspecified atom stereocenters. The Hall–Kier alpha value is -1.11. The number of benzene rings is 1. The molecule has 114 valence electrons. The number of nitrogens with two attached hydrogens (primary N) is 1. The number of nitrogens with one attached hydrogen (secondary N) is 1. The minimum Gasteiger partial charge on any atom is -0.398 e. The number of rotatable bonds is 6. The third-order valence-corrected chi connectivity index (χ3v) is 5.12. The average Bonchev–Trinajstić information content (AvgIpc) is 2.35. The molecule has 0 spiro atoms. The molecule has 20 heavy (non-hydrogen) atoms. The smallest absolute Gasteiger partial charge is 0.241 e. The predicted molar refractivity (Wildman–Crippen MR) is 81.3 cm³/mol. The lowest BCUT2D eigenvalue weighted by molar-refractivity contribution is 0.161. The first kappa shape index (κ1) is 16.9. The highest BCUT2D eigenvalue weighted by atomic mass is 32.2. The van der Waals surface area contributed by atoms with Gasteiger partial charge in [-0.1, -0.05) is 6.92 Å². The van der Waals surface area contributed by atoms with Gasteiger partial charge in [-0.25, -0.2) is 13.1 Å². The highest BCUT2D eigenvalue weighted by molar-refractivity contribution is 7.89. The average molecular weight is 300 g/mol. The van der Waals surface area contributed by atoms with Crippen molar-refractivity contribution < 1.29 is 13.2 Å². The fraction of sp³-hybridized carbons (Fsp3) is 0.571. The Balaban J connectivity index is 3.10.